The van der Waals surface area contributed by atoms with E-state index in [9.17, 15) is 24.8 Å². The van der Waals surface area contributed by atoms with E-state index >= 15 is 0 Å². The molecular formula is C16H10N2O5. The van der Waals surface area contributed by atoms with Crippen molar-refractivity contribution < 1.29 is 14.8 Å². The monoisotopic (exact) mass is 310 g/mol. The number of non-ortho nitro benzene ring substituents is 1. The topological polar surface area (TPSA) is 113 Å². The lowest BCUT2D eigenvalue weighted by Crippen LogP contribution is -2.14. The van der Waals surface area contributed by atoms with Crippen molar-refractivity contribution in [2.75, 3.05) is 0 Å². The molecular weight excluding hydrogens is 300 g/mol. The van der Waals surface area contributed by atoms with Gasteiger partial charge in [-0.05, 0) is 6.07 Å². The zero-order valence-corrected chi connectivity index (χ0v) is 11.6. The van der Waals surface area contributed by atoms with Crippen LogP contribution in [0.5, 0.6) is 5.75 Å². The number of benzene rings is 2. The summed E-state index contributed by atoms with van der Waals surface area (Å²) < 4.78 is 0. The molecule has 7 heteroatoms. The van der Waals surface area contributed by atoms with Crippen molar-refractivity contribution in [1.29, 1.82) is 0 Å². The van der Waals surface area contributed by atoms with Crippen LogP contribution >= 0.6 is 0 Å². The normalized spacial score (nSPS) is 10.6. The van der Waals surface area contributed by atoms with Gasteiger partial charge in [0.2, 0.25) is 5.78 Å². The van der Waals surface area contributed by atoms with Gasteiger partial charge in [0.15, 0.2) is 5.75 Å². The largest absolute Gasteiger partial charge is 0.505 e. The number of nitro groups is 1. The van der Waals surface area contributed by atoms with E-state index in [1.165, 1.54) is 30.3 Å². The highest BCUT2D eigenvalue weighted by Crippen LogP contribution is 2.27. The van der Waals surface area contributed by atoms with Crippen molar-refractivity contribution in [2.45, 2.75) is 0 Å². The fourth-order valence-corrected chi connectivity index (χ4v) is 2.33. The van der Waals surface area contributed by atoms with Gasteiger partial charge in [0.05, 0.1) is 10.3 Å². The van der Waals surface area contributed by atoms with Gasteiger partial charge in [0.1, 0.15) is 5.69 Å². The molecule has 0 atom stereocenters. The molecule has 1 aromatic heterocycles. The summed E-state index contributed by atoms with van der Waals surface area (Å²) >= 11 is 0. The van der Waals surface area contributed by atoms with Crippen LogP contribution in [0.25, 0.3) is 10.8 Å². The van der Waals surface area contributed by atoms with Crippen LogP contribution in [-0.4, -0.2) is 20.8 Å². The maximum Gasteiger partial charge on any atom is 0.270 e. The maximum atomic E-state index is 12.5. The van der Waals surface area contributed by atoms with E-state index in [1.807, 2.05) is 0 Å². The molecule has 0 aliphatic heterocycles. The average Bonchev–Trinajstić information content (AvgIpc) is 2.57. The van der Waals surface area contributed by atoms with Crippen molar-refractivity contribution in [3.8, 4) is 5.75 Å². The number of fused-ring (bicyclic) bond motifs is 1. The minimum Gasteiger partial charge on any atom is -0.505 e. The molecule has 0 aliphatic carbocycles. The Hall–Kier alpha value is -3.48. The Morgan fingerprint density at radius 3 is 2.48 bits per heavy atom. The molecule has 114 valence electrons. The number of nitrogens with zero attached hydrogens (tertiary/aromatic N) is 1. The first-order valence-corrected chi connectivity index (χ1v) is 6.62. The number of carbonyl (C=O) groups excluding carboxylic acids is 1. The summed E-state index contributed by atoms with van der Waals surface area (Å²) in [6.07, 6.45) is 0. The number of aromatic hydroxyl groups is 1. The molecule has 2 N–H and O–H groups in total. The lowest BCUT2D eigenvalue weighted by atomic mass is 10.0. The molecule has 0 amide bonds. The molecule has 3 aromatic rings. The van der Waals surface area contributed by atoms with Gasteiger partial charge < -0.3 is 10.1 Å². The van der Waals surface area contributed by atoms with Crippen molar-refractivity contribution >= 4 is 22.2 Å². The fraction of sp³-hybridized carbons (Fsp3) is 0. The highest BCUT2D eigenvalue weighted by atomic mass is 16.6. The molecule has 1 heterocycles. The number of aromatic nitrogens is 1. The summed E-state index contributed by atoms with van der Waals surface area (Å²) in [5, 5.41) is 21.5. The Bertz CT molecular complexity index is 1010. The van der Waals surface area contributed by atoms with Gasteiger partial charge in [-0.25, -0.2) is 0 Å². The predicted molar refractivity (Wildman–Crippen MR) is 82.8 cm³/mol. The predicted octanol–water partition coefficient (Wildman–Crippen LogP) is 2.37. The van der Waals surface area contributed by atoms with Crippen molar-refractivity contribution in [1.82, 2.24) is 4.98 Å². The van der Waals surface area contributed by atoms with E-state index in [-0.39, 0.29) is 33.5 Å². The van der Waals surface area contributed by atoms with Gasteiger partial charge in [0.25, 0.3) is 11.2 Å². The van der Waals surface area contributed by atoms with Crippen LogP contribution in [0, 0.1) is 10.1 Å². The van der Waals surface area contributed by atoms with Gasteiger partial charge in [-0.2, -0.15) is 0 Å². The van der Waals surface area contributed by atoms with Gasteiger partial charge in [0, 0.05) is 23.1 Å². The quantitative estimate of drug-likeness (QED) is 0.438. The number of aromatic amines is 1. The SMILES string of the molecule is O=C(c1cccc([N+](=O)[O-])c1)c1[nH]c(=O)c2ccccc2c1O. The minimum absolute atomic E-state index is 0.000399. The van der Waals surface area contributed by atoms with Crippen LogP contribution in [0.15, 0.2) is 53.3 Å². The van der Waals surface area contributed by atoms with E-state index in [0.29, 0.717) is 0 Å². The summed E-state index contributed by atoms with van der Waals surface area (Å²) in [6, 6.07) is 11.4. The number of nitrogens with one attached hydrogen (secondary N) is 1. The Balaban J connectivity index is 2.19. The van der Waals surface area contributed by atoms with Crippen molar-refractivity contribution in [3.63, 3.8) is 0 Å². The summed E-state index contributed by atoms with van der Waals surface area (Å²) in [4.78, 5) is 37.0. The maximum absolute atomic E-state index is 12.5. The summed E-state index contributed by atoms with van der Waals surface area (Å²) in [5.41, 5.74) is -1.07. The van der Waals surface area contributed by atoms with E-state index in [0.717, 1.165) is 6.07 Å². The zero-order chi connectivity index (χ0) is 16.6. The molecule has 0 fully saturated rings. The molecule has 0 spiro atoms. The number of nitro benzene ring substituents is 1. The zero-order valence-electron chi connectivity index (χ0n) is 11.6. The lowest BCUT2D eigenvalue weighted by molar-refractivity contribution is -0.384. The fourth-order valence-electron chi connectivity index (χ4n) is 2.33. The Labute approximate surface area is 129 Å². The molecule has 2 aromatic carbocycles. The van der Waals surface area contributed by atoms with Gasteiger partial charge in [-0.1, -0.05) is 30.3 Å². The van der Waals surface area contributed by atoms with Crippen LogP contribution in [0.3, 0.4) is 0 Å². The average molecular weight is 310 g/mol. The molecule has 23 heavy (non-hydrogen) atoms. The Morgan fingerprint density at radius 2 is 1.78 bits per heavy atom. The second kappa shape index (κ2) is 5.38. The Morgan fingerprint density at radius 1 is 1.09 bits per heavy atom. The van der Waals surface area contributed by atoms with Crippen LogP contribution in [-0.2, 0) is 0 Å². The van der Waals surface area contributed by atoms with Crippen LogP contribution < -0.4 is 5.56 Å². The van der Waals surface area contributed by atoms with E-state index < -0.39 is 16.3 Å². The second-order valence-corrected chi connectivity index (χ2v) is 4.86. The van der Waals surface area contributed by atoms with Crippen LogP contribution in [0.4, 0.5) is 5.69 Å². The minimum atomic E-state index is -0.700. The number of hydrogen-bond acceptors (Lipinski definition) is 5. The van der Waals surface area contributed by atoms with E-state index in [2.05, 4.69) is 4.98 Å². The number of ketones is 1. The van der Waals surface area contributed by atoms with Crippen LogP contribution in [0.1, 0.15) is 16.1 Å². The molecule has 0 radical (unpaired) electrons. The van der Waals surface area contributed by atoms with E-state index in [1.54, 1.807) is 12.1 Å². The first-order chi connectivity index (χ1) is 11.0. The van der Waals surface area contributed by atoms with Crippen LogP contribution in [0.2, 0.25) is 0 Å². The summed E-state index contributed by atoms with van der Waals surface area (Å²) in [6.45, 7) is 0. The molecule has 0 unspecified atom stereocenters. The highest BCUT2D eigenvalue weighted by Gasteiger charge is 2.20. The summed E-state index contributed by atoms with van der Waals surface area (Å²) in [7, 11) is 0. The smallest absolute Gasteiger partial charge is 0.270 e. The van der Waals surface area contributed by atoms with Crippen molar-refractivity contribution in [2.24, 2.45) is 0 Å². The molecule has 0 saturated carbocycles. The number of H-pyrrole nitrogens is 1. The molecule has 0 aliphatic rings. The first-order valence-electron chi connectivity index (χ1n) is 6.62. The number of pyridine rings is 1. The van der Waals surface area contributed by atoms with Gasteiger partial charge in [-0.3, -0.25) is 19.7 Å². The van der Waals surface area contributed by atoms with E-state index in [4.69, 9.17) is 0 Å². The number of rotatable bonds is 3. The standard InChI is InChI=1S/C16H10N2O5/c19-14(9-4-3-5-10(8-9)18(22)23)13-15(20)11-6-1-2-7-12(11)16(21)17-13/h1-8,20H,(H,17,21). The lowest BCUT2D eigenvalue weighted by Gasteiger charge is -2.07. The van der Waals surface area contributed by atoms with Gasteiger partial charge >= 0.3 is 0 Å². The molecule has 7 nitrogen and oxygen atoms in total. The highest BCUT2D eigenvalue weighted by molar-refractivity contribution is 6.12. The third-order valence-corrected chi connectivity index (χ3v) is 3.45. The third kappa shape index (κ3) is 2.44. The van der Waals surface area contributed by atoms with Crippen molar-refractivity contribution in [3.05, 3.63) is 80.3 Å². The second-order valence-electron chi connectivity index (χ2n) is 4.86. The number of hydrogen-bond donors (Lipinski definition) is 2. The number of carbonyl (C=O) groups is 1. The van der Waals surface area contributed by atoms with Gasteiger partial charge in [-0.15, -0.1) is 0 Å². The third-order valence-electron chi connectivity index (χ3n) is 3.45. The summed E-state index contributed by atoms with van der Waals surface area (Å²) in [5.74, 6) is -1.06. The first kappa shape index (κ1) is 14.5. The Kier molecular flexibility index (Phi) is 3.38. The molecule has 0 bridgehead atoms. The molecule has 3 rings (SSSR count). The molecule has 0 saturated heterocycles.